The lowest BCUT2D eigenvalue weighted by molar-refractivity contribution is 0.0943. The minimum Gasteiger partial charge on any atom is -0.349 e. The van der Waals surface area contributed by atoms with Gasteiger partial charge in [-0.3, -0.25) is 4.79 Å². The molecule has 2 aromatic heterocycles. The molecule has 3 aromatic rings. The molecular weight excluding hydrogens is 324 g/mol. The summed E-state index contributed by atoms with van der Waals surface area (Å²) >= 11 is 5.97. The molecule has 122 valence electrons. The second-order valence-corrected chi connectivity index (χ2v) is 6.49. The second kappa shape index (κ2) is 5.83. The van der Waals surface area contributed by atoms with Crippen molar-refractivity contribution in [2.45, 2.75) is 18.9 Å². The summed E-state index contributed by atoms with van der Waals surface area (Å²) in [4.78, 5) is 12.6. The minimum atomic E-state index is -0.0968. The van der Waals surface area contributed by atoms with E-state index in [1.165, 1.54) is 0 Å². The SMILES string of the molecule is Cn1cccc1-c1cc(C(=O)NC2CC2)n(-c2ccc(Cl)cc2)n1. The van der Waals surface area contributed by atoms with Gasteiger partial charge >= 0.3 is 0 Å². The standard InChI is InChI=1S/C18H17ClN4O/c1-22-10-2-3-16(22)15-11-17(18(24)20-13-6-7-13)23(21-15)14-8-4-12(19)5-9-14/h2-5,8-11,13H,6-7H2,1H3,(H,20,24). The van der Waals surface area contributed by atoms with Gasteiger partial charge in [0.1, 0.15) is 11.4 Å². The van der Waals surface area contributed by atoms with Crippen LogP contribution in [-0.2, 0) is 7.05 Å². The second-order valence-electron chi connectivity index (χ2n) is 6.06. The highest BCUT2D eigenvalue weighted by Crippen LogP contribution is 2.24. The molecule has 0 aliphatic heterocycles. The third kappa shape index (κ3) is 2.83. The number of aromatic nitrogens is 3. The molecule has 0 atom stereocenters. The Morgan fingerprint density at radius 1 is 1.25 bits per heavy atom. The van der Waals surface area contributed by atoms with Crippen molar-refractivity contribution in [2.24, 2.45) is 7.05 Å². The van der Waals surface area contributed by atoms with Crippen LogP contribution >= 0.6 is 11.6 Å². The van der Waals surface area contributed by atoms with Gasteiger partial charge in [-0.05, 0) is 55.3 Å². The molecule has 6 heteroatoms. The predicted octanol–water partition coefficient (Wildman–Crippen LogP) is 3.42. The molecular formula is C18H17ClN4O. The topological polar surface area (TPSA) is 51.9 Å². The van der Waals surface area contributed by atoms with Crippen molar-refractivity contribution in [2.75, 3.05) is 0 Å². The fourth-order valence-electron chi connectivity index (χ4n) is 2.66. The number of nitrogens with one attached hydrogen (secondary N) is 1. The monoisotopic (exact) mass is 340 g/mol. The van der Waals surface area contributed by atoms with E-state index in [2.05, 4.69) is 10.4 Å². The Morgan fingerprint density at radius 3 is 2.62 bits per heavy atom. The number of rotatable bonds is 4. The molecule has 0 saturated heterocycles. The zero-order chi connectivity index (χ0) is 16.7. The van der Waals surface area contributed by atoms with Gasteiger partial charge in [0.25, 0.3) is 5.91 Å². The number of amides is 1. The molecule has 1 N–H and O–H groups in total. The lowest BCUT2D eigenvalue weighted by Crippen LogP contribution is -2.27. The average molecular weight is 341 g/mol. The van der Waals surface area contributed by atoms with E-state index < -0.39 is 0 Å². The van der Waals surface area contributed by atoms with E-state index in [4.69, 9.17) is 11.6 Å². The summed E-state index contributed by atoms with van der Waals surface area (Å²) in [6.07, 6.45) is 4.05. The van der Waals surface area contributed by atoms with Gasteiger partial charge in [0.05, 0.1) is 11.4 Å². The van der Waals surface area contributed by atoms with Crippen molar-refractivity contribution in [3.63, 3.8) is 0 Å². The van der Waals surface area contributed by atoms with Crippen molar-refractivity contribution in [1.82, 2.24) is 19.7 Å². The molecule has 1 aliphatic rings. The molecule has 0 bridgehead atoms. The molecule has 0 radical (unpaired) electrons. The van der Waals surface area contributed by atoms with Crippen LogP contribution in [0, 0.1) is 0 Å². The third-order valence-corrected chi connectivity index (χ3v) is 4.38. The van der Waals surface area contributed by atoms with E-state index in [0.717, 1.165) is 29.9 Å². The van der Waals surface area contributed by atoms with Gasteiger partial charge in [-0.15, -0.1) is 0 Å². The average Bonchev–Trinajstić information content (AvgIpc) is 3.10. The molecule has 24 heavy (non-hydrogen) atoms. The minimum absolute atomic E-state index is 0.0968. The number of hydrogen-bond acceptors (Lipinski definition) is 2. The van der Waals surface area contributed by atoms with Crippen molar-refractivity contribution in [1.29, 1.82) is 0 Å². The van der Waals surface area contributed by atoms with Gasteiger partial charge in [0, 0.05) is 24.3 Å². The first-order chi connectivity index (χ1) is 11.6. The van der Waals surface area contributed by atoms with Gasteiger partial charge < -0.3 is 9.88 Å². The first kappa shape index (κ1) is 15.0. The quantitative estimate of drug-likeness (QED) is 0.791. The Morgan fingerprint density at radius 2 is 2.00 bits per heavy atom. The van der Waals surface area contributed by atoms with E-state index in [9.17, 15) is 4.79 Å². The van der Waals surface area contributed by atoms with Crippen LogP contribution in [0.25, 0.3) is 17.1 Å². The van der Waals surface area contributed by atoms with Crippen LogP contribution in [0.2, 0.25) is 5.02 Å². The number of benzene rings is 1. The summed E-state index contributed by atoms with van der Waals surface area (Å²) in [5.74, 6) is -0.0968. The molecule has 0 spiro atoms. The zero-order valence-corrected chi connectivity index (χ0v) is 14.0. The fraction of sp³-hybridized carbons (Fsp3) is 0.222. The van der Waals surface area contributed by atoms with Gasteiger partial charge in [-0.2, -0.15) is 5.10 Å². The normalized spacial score (nSPS) is 13.9. The summed E-state index contributed by atoms with van der Waals surface area (Å²) in [6.45, 7) is 0. The Bertz CT molecular complexity index is 890. The first-order valence-corrected chi connectivity index (χ1v) is 8.28. The van der Waals surface area contributed by atoms with Crippen LogP contribution in [0.5, 0.6) is 0 Å². The van der Waals surface area contributed by atoms with E-state index in [0.29, 0.717) is 16.8 Å². The fourth-order valence-corrected chi connectivity index (χ4v) is 2.79. The third-order valence-electron chi connectivity index (χ3n) is 4.13. The molecule has 4 rings (SSSR count). The predicted molar refractivity (Wildman–Crippen MR) is 93.5 cm³/mol. The van der Waals surface area contributed by atoms with Gasteiger partial charge in [0.2, 0.25) is 0 Å². The van der Waals surface area contributed by atoms with Gasteiger partial charge in [0.15, 0.2) is 0 Å². The smallest absolute Gasteiger partial charge is 0.270 e. The maximum absolute atomic E-state index is 12.6. The maximum atomic E-state index is 12.6. The summed E-state index contributed by atoms with van der Waals surface area (Å²) in [5.41, 5.74) is 3.06. The number of hydrogen-bond donors (Lipinski definition) is 1. The van der Waals surface area contributed by atoms with Crippen molar-refractivity contribution in [3.05, 3.63) is 59.4 Å². The Labute approximate surface area is 144 Å². The molecule has 1 fully saturated rings. The number of aryl methyl sites for hydroxylation is 1. The summed E-state index contributed by atoms with van der Waals surface area (Å²) in [7, 11) is 1.96. The van der Waals surface area contributed by atoms with Crippen LogP contribution in [0.3, 0.4) is 0 Å². The van der Waals surface area contributed by atoms with Gasteiger partial charge in [-0.1, -0.05) is 11.6 Å². The Hall–Kier alpha value is -2.53. The maximum Gasteiger partial charge on any atom is 0.270 e. The van der Waals surface area contributed by atoms with Crippen molar-refractivity contribution in [3.8, 4) is 17.1 Å². The highest BCUT2D eigenvalue weighted by atomic mass is 35.5. The molecule has 0 unspecified atom stereocenters. The number of halogens is 1. The van der Waals surface area contributed by atoms with E-state index in [1.54, 1.807) is 16.8 Å². The van der Waals surface area contributed by atoms with Crippen LogP contribution in [0.15, 0.2) is 48.7 Å². The highest BCUT2D eigenvalue weighted by molar-refractivity contribution is 6.30. The number of carbonyl (C=O) groups excluding carboxylic acids is 1. The molecule has 1 amide bonds. The molecule has 1 aliphatic carbocycles. The largest absolute Gasteiger partial charge is 0.349 e. The lowest BCUT2D eigenvalue weighted by Gasteiger charge is -2.07. The van der Waals surface area contributed by atoms with Crippen LogP contribution in [0.4, 0.5) is 0 Å². The highest BCUT2D eigenvalue weighted by Gasteiger charge is 2.26. The van der Waals surface area contributed by atoms with E-state index >= 15 is 0 Å². The molecule has 2 heterocycles. The molecule has 1 aromatic carbocycles. The number of nitrogens with zero attached hydrogens (tertiary/aromatic N) is 3. The molecule has 1 saturated carbocycles. The Kier molecular flexibility index (Phi) is 3.65. The van der Waals surface area contributed by atoms with Crippen molar-refractivity contribution >= 4 is 17.5 Å². The van der Waals surface area contributed by atoms with Crippen molar-refractivity contribution < 1.29 is 4.79 Å². The number of carbonyl (C=O) groups is 1. The van der Waals surface area contributed by atoms with Crippen LogP contribution in [-0.4, -0.2) is 26.3 Å². The first-order valence-electron chi connectivity index (χ1n) is 7.90. The van der Waals surface area contributed by atoms with Crippen LogP contribution < -0.4 is 5.32 Å². The van der Waals surface area contributed by atoms with Gasteiger partial charge in [-0.25, -0.2) is 4.68 Å². The van der Waals surface area contributed by atoms with E-state index in [1.807, 2.05) is 48.1 Å². The van der Waals surface area contributed by atoms with Crippen LogP contribution in [0.1, 0.15) is 23.3 Å². The lowest BCUT2D eigenvalue weighted by atomic mass is 10.2. The molecule has 5 nitrogen and oxygen atoms in total. The van der Waals surface area contributed by atoms with E-state index in [-0.39, 0.29) is 5.91 Å². The summed E-state index contributed by atoms with van der Waals surface area (Å²) < 4.78 is 3.66. The zero-order valence-electron chi connectivity index (χ0n) is 13.2. The Balaban J connectivity index is 1.79. The summed E-state index contributed by atoms with van der Waals surface area (Å²) in [5, 5.41) is 8.34. The summed E-state index contributed by atoms with van der Waals surface area (Å²) in [6, 6.07) is 13.4.